The molecule has 2 rings (SSSR count). The molecular formula is C21H30O6. The summed E-state index contributed by atoms with van der Waals surface area (Å²) in [5.41, 5.74) is 0. The average Bonchev–Trinajstić information content (AvgIpc) is 2.66. The maximum atomic E-state index is 12.0. The lowest BCUT2D eigenvalue weighted by Gasteiger charge is -2.30. The fraction of sp³-hybridized carbons (Fsp3) is 0.619. The van der Waals surface area contributed by atoms with E-state index in [1.165, 1.54) is 19.3 Å². The van der Waals surface area contributed by atoms with Crippen LogP contribution in [0.25, 0.3) is 0 Å². The van der Waals surface area contributed by atoms with Gasteiger partial charge in [0, 0.05) is 7.11 Å². The van der Waals surface area contributed by atoms with Crippen molar-refractivity contribution in [2.24, 2.45) is 11.8 Å². The fourth-order valence-electron chi connectivity index (χ4n) is 3.59. The molecule has 0 amide bonds. The monoisotopic (exact) mass is 378 g/mol. The summed E-state index contributed by atoms with van der Waals surface area (Å²) >= 11 is 0. The van der Waals surface area contributed by atoms with Crippen molar-refractivity contribution < 1.29 is 29.3 Å². The molecule has 0 aromatic heterocycles. The zero-order valence-electron chi connectivity index (χ0n) is 16.0. The minimum absolute atomic E-state index is 0.0255. The van der Waals surface area contributed by atoms with Crippen molar-refractivity contribution in [2.45, 2.75) is 56.8 Å². The van der Waals surface area contributed by atoms with Crippen LogP contribution in [-0.2, 0) is 19.1 Å². The number of hydrogen-bond acceptors (Lipinski definition) is 6. The number of ketones is 2. The number of ether oxygens (including phenoxy) is 2. The number of aliphatic hydroxyl groups excluding tert-OH is 2. The van der Waals surface area contributed by atoms with Gasteiger partial charge in [0.05, 0.1) is 25.7 Å². The second-order valence-corrected chi connectivity index (χ2v) is 7.27. The van der Waals surface area contributed by atoms with E-state index >= 15 is 0 Å². The van der Waals surface area contributed by atoms with Crippen molar-refractivity contribution in [3.05, 3.63) is 36.1 Å². The lowest BCUT2D eigenvalue weighted by Crippen LogP contribution is -2.34. The van der Waals surface area contributed by atoms with Crippen LogP contribution >= 0.6 is 0 Å². The second-order valence-electron chi connectivity index (χ2n) is 7.27. The molecule has 6 heteroatoms. The van der Waals surface area contributed by atoms with Gasteiger partial charge < -0.3 is 19.7 Å². The number of methoxy groups -OCH3 is 2. The minimum atomic E-state index is -0.583. The highest BCUT2D eigenvalue weighted by Crippen LogP contribution is 2.27. The van der Waals surface area contributed by atoms with Crippen LogP contribution in [0.5, 0.6) is 0 Å². The molecule has 27 heavy (non-hydrogen) atoms. The molecule has 0 bridgehead atoms. The van der Waals surface area contributed by atoms with Gasteiger partial charge >= 0.3 is 0 Å². The molecule has 0 spiro atoms. The highest BCUT2D eigenvalue weighted by molar-refractivity contribution is 6.08. The molecule has 150 valence electrons. The number of carbonyl (C=O) groups excluding carboxylic acids is 2. The Morgan fingerprint density at radius 3 is 2.44 bits per heavy atom. The fourth-order valence-corrected chi connectivity index (χ4v) is 3.59. The molecule has 5 unspecified atom stereocenters. The van der Waals surface area contributed by atoms with Crippen molar-refractivity contribution in [1.82, 2.24) is 0 Å². The van der Waals surface area contributed by atoms with E-state index in [4.69, 9.17) is 9.47 Å². The van der Waals surface area contributed by atoms with Crippen LogP contribution < -0.4 is 0 Å². The van der Waals surface area contributed by atoms with E-state index in [2.05, 4.69) is 0 Å². The summed E-state index contributed by atoms with van der Waals surface area (Å²) in [6.45, 7) is 0. The number of allylic oxidation sites excluding steroid dienone is 5. The zero-order chi connectivity index (χ0) is 19.8. The minimum Gasteiger partial charge on any atom is -0.499 e. The number of aliphatic hydroxyl groups is 2. The van der Waals surface area contributed by atoms with Gasteiger partial charge in [-0.05, 0) is 62.2 Å². The van der Waals surface area contributed by atoms with E-state index in [-0.39, 0.29) is 35.9 Å². The van der Waals surface area contributed by atoms with Crippen LogP contribution in [0.3, 0.4) is 0 Å². The van der Waals surface area contributed by atoms with Crippen molar-refractivity contribution >= 4 is 11.6 Å². The van der Waals surface area contributed by atoms with E-state index in [9.17, 15) is 19.8 Å². The van der Waals surface area contributed by atoms with Crippen molar-refractivity contribution in [2.75, 3.05) is 14.2 Å². The Labute approximate surface area is 160 Å². The lowest BCUT2D eigenvalue weighted by molar-refractivity contribution is -0.122. The Balaban J connectivity index is 1.80. The topological polar surface area (TPSA) is 93.1 Å². The Morgan fingerprint density at radius 2 is 1.78 bits per heavy atom. The molecule has 2 aliphatic rings. The molecule has 1 fully saturated rings. The van der Waals surface area contributed by atoms with Gasteiger partial charge in [-0.15, -0.1) is 0 Å². The van der Waals surface area contributed by atoms with Gasteiger partial charge in [-0.3, -0.25) is 9.59 Å². The van der Waals surface area contributed by atoms with Crippen LogP contribution in [0.4, 0.5) is 0 Å². The molecule has 0 aromatic carbocycles. The number of hydrogen-bond donors (Lipinski definition) is 2. The van der Waals surface area contributed by atoms with E-state index in [1.54, 1.807) is 13.2 Å². The molecule has 0 heterocycles. The summed E-state index contributed by atoms with van der Waals surface area (Å²) in [4.78, 5) is 24.0. The van der Waals surface area contributed by atoms with E-state index in [0.717, 1.165) is 12.8 Å². The smallest absolute Gasteiger partial charge is 0.163 e. The molecule has 0 saturated heterocycles. The van der Waals surface area contributed by atoms with Gasteiger partial charge in [-0.25, -0.2) is 0 Å². The van der Waals surface area contributed by atoms with E-state index in [1.807, 2.05) is 12.2 Å². The third-order valence-corrected chi connectivity index (χ3v) is 5.25. The standard InChI is InChI=1S/C21H30O6/c1-26-20-11-14(5-9-18(20)24)3-7-16(22)13-17(23)8-4-15-6-10-19(25)21(12-15)27-2/h3-4,7-8,11,14-15,18-19,21,24-25H,5-6,9-10,12-13H2,1-2H3/b7-3+,8-4+. The highest BCUT2D eigenvalue weighted by Gasteiger charge is 2.27. The Morgan fingerprint density at radius 1 is 1.07 bits per heavy atom. The van der Waals surface area contributed by atoms with Crippen molar-refractivity contribution in [3.8, 4) is 0 Å². The summed E-state index contributed by atoms with van der Waals surface area (Å²) < 4.78 is 10.4. The Bertz CT molecular complexity index is 606. The van der Waals surface area contributed by atoms with E-state index < -0.39 is 12.2 Å². The summed E-state index contributed by atoms with van der Waals surface area (Å²) in [5, 5.41) is 19.5. The van der Waals surface area contributed by atoms with Gasteiger partial charge in [0.1, 0.15) is 11.9 Å². The predicted molar refractivity (Wildman–Crippen MR) is 101 cm³/mol. The third-order valence-electron chi connectivity index (χ3n) is 5.25. The molecular weight excluding hydrogens is 348 g/mol. The quantitative estimate of drug-likeness (QED) is 0.496. The van der Waals surface area contributed by atoms with Gasteiger partial charge in [-0.2, -0.15) is 0 Å². The van der Waals surface area contributed by atoms with Crippen LogP contribution in [0.2, 0.25) is 0 Å². The normalized spacial score (nSPS) is 31.9. The molecule has 6 nitrogen and oxygen atoms in total. The largest absolute Gasteiger partial charge is 0.499 e. The summed E-state index contributed by atoms with van der Waals surface area (Å²) in [6, 6.07) is 0. The van der Waals surface area contributed by atoms with E-state index in [0.29, 0.717) is 25.0 Å². The highest BCUT2D eigenvalue weighted by atomic mass is 16.5. The van der Waals surface area contributed by atoms with Crippen molar-refractivity contribution in [3.63, 3.8) is 0 Å². The van der Waals surface area contributed by atoms with Gasteiger partial charge in [0.15, 0.2) is 11.6 Å². The van der Waals surface area contributed by atoms with Gasteiger partial charge in [-0.1, -0.05) is 12.2 Å². The van der Waals surface area contributed by atoms with Crippen LogP contribution in [-0.4, -0.2) is 54.3 Å². The summed E-state index contributed by atoms with van der Waals surface area (Å²) in [5.74, 6) is 0.264. The maximum absolute atomic E-state index is 12.0. The van der Waals surface area contributed by atoms with Crippen LogP contribution in [0, 0.1) is 11.8 Å². The SMILES string of the molecule is COC1=CC(/C=C/C(=O)CC(=O)/C=C/C2CCC(O)C(OC)C2)CCC1O. The first-order valence-electron chi connectivity index (χ1n) is 9.49. The molecule has 5 atom stereocenters. The Hall–Kier alpha value is -1.76. The van der Waals surface area contributed by atoms with Crippen LogP contribution in [0.1, 0.15) is 38.5 Å². The number of carbonyl (C=O) groups is 2. The molecule has 0 aliphatic heterocycles. The molecule has 2 aliphatic carbocycles. The van der Waals surface area contributed by atoms with Gasteiger partial charge in [0.2, 0.25) is 0 Å². The van der Waals surface area contributed by atoms with Crippen molar-refractivity contribution in [1.29, 1.82) is 0 Å². The van der Waals surface area contributed by atoms with Crippen LogP contribution in [0.15, 0.2) is 36.1 Å². The summed E-state index contributed by atoms with van der Waals surface area (Å²) in [7, 11) is 3.09. The average molecular weight is 378 g/mol. The third kappa shape index (κ3) is 6.72. The lowest BCUT2D eigenvalue weighted by atomic mass is 9.85. The second kappa shape index (κ2) is 10.5. The predicted octanol–water partition coefficient (Wildman–Crippen LogP) is 2.10. The zero-order valence-corrected chi connectivity index (χ0v) is 16.0. The summed E-state index contributed by atoms with van der Waals surface area (Å²) in [6.07, 6.45) is 10.4. The molecule has 2 N–H and O–H groups in total. The molecule has 0 aromatic rings. The number of rotatable bonds is 8. The Kier molecular flexibility index (Phi) is 8.41. The first-order valence-corrected chi connectivity index (χ1v) is 9.49. The molecule has 0 radical (unpaired) electrons. The first kappa shape index (κ1) is 21.5. The maximum Gasteiger partial charge on any atom is 0.163 e. The van der Waals surface area contributed by atoms with Gasteiger partial charge in [0.25, 0.3) is 0 Å². The first-order chi connectivity index (χ1) is 12.9. The molecule has 1 saturated carbocycles.